The van der Waals surface area contributed by atoms with Crippen LogP contribution < -0.4 is 0 Å². The molecule has 4 nitrogen and oxygen atoms in total. The number of thioether (sulfide) groups is 2. The second kappa shape index (κ2) is 13.5. The molecule has 2 atom stereocenters. The van der Waals surface area contributed by atoms with E-state index in [0.29, 0.717) is 11.1 Å². The highest BCUT2D eigenvalue weighted by atomic mass is 32.2. The first kappa shape index (κ1) is 34.4. The minimum absolute atomic E-state index is 0.0934. The van der Waals surface area contributed by atoms with Gasteiger partial charge in [-0.05, 0) is 62.4 Å². The minimum atomic E-state index is -4.16. The molecule has 45 heavy (non-hydrogen) atoms. The number of hydrogen-bond acceptors (Lipinski definition) is 4. The maximum absolute atomic E-state index is 14.8. The molecule has 0 radical (unpaired) electrons. The van der Waals surface area contributed by atoms with Crippen LogP contribution in [0.15, 0.2) is 105 Å². The van der Waals surface area contributed by atoms with Crippen LogP contribution in [0.5, 0.6) is 0 Å². The normalized spacial score (nSPS) is 13.5. The molecule has 4 aromatic rings. The molecule has 0 aromatic heterocycles. The van der Waals surface area contributed by atoms with Gasteiger partial charge in [0.1, 0.15) is 0 Å². The summed E-state index contributed by atoms with van der Waals surface area (Å²) >= 11 is 3.33. The van der Waals surface area contributed by atoms with Gasteiger partial charge in [-0.15, -0.1) is 23.5 Å². The first-order valence-corrected chi connectivity index (χ1v) is 17.9. The Bertz CT molecular complexity index is 1770. The summed E-state index contributed by atoms with van der Waals surface area (Å²) in [5, 5.41) is 0. The molecular formula is C38H40N2O2S3. The summed E-state index contributed by atoms with van der Waals surface area (Å²) in [7, 11) is -4.16. The maximum atomic E-state index is 14.8. The third kappa shape index (κ3) is 8.03. The quantitative estimate of drug-likeness (QED) is 0.140. The van der Waals surface area contributed by atoms with Crippen molar-refractivity contribution in [2.45, 2.75) is 96.5 Å². The molecule has 2 unspecified atom stereocenters. The molecule has 0 aliphatic heterocycles. The Morgan fingerprint density at radius 2 is 0.933 bits per heavy atom. The molecule has 0 aliphatic rings. The van der Waals surface area contributed by atoms with Gasteiger partial charge in [0.05, 0.1) is 32.0 Å². The number of sulfone groups is 1. The predicted octanol–water partition coefficient (Wildman–Crippen LogP) is 10.9. The third-order valence-electron chi connectivity index (χ3n) is 7.02. The van der Waals surface area contributed by atoms with Crippen LogP contribution in [-0.2, 0) is 9.84 Å². The second-order valence-corrected chi connectivity index (χ2v) is 18.8. The van der Waals surface area contributed by atoms with E-state index in [2.05, 4.69) is 51.2 Å². The van der Waals surface area contributed by atoms with Crippen molar-refractivity contribution in [2.75, 3.05) is 0 Å². The van der Waals surface area contributed by atoms with E-state index in [1.165, 1.54) is 0 Å². The van der Waals surface area contributed by atoms with Crippen molar-refractivity contribution < 1.29 is 8.42 Å². The molecule has 0 saturated heterocycles. The molecule has 0 saturated carbocycles. The summed E-state index contributed by atoms with van der Waals surface area (Å²) in [5.41, 5.74) is 4.20. The molecule has 0 fully saturated rings. The van der Waals surface area contributed by atoms with Crippen LogP contribution in [0, 0.1) is 27.0 Å². The van der Waals surface area contributed by atoms with Crippen LogP contribution in [0.3, 0.4) is 0 Å². The Hall–Kier alpha value is -3.49. The van der Waals surface area contributed by atoms with E-state index in [9.17, 15) is 8.42 Å². The van der Waals surface area contributed by atoms with Crippen LogP contribution in [0.2, 0.25) is 0 Å². The fourth-order valence-corrected chi connectivity index (χ4v) is 9.14. The fraction of sp³-hybridized carbons (Fsp3) is 0.316. The zero-order valence-corrected chi connectivity index (χ0v) is 29.6. The average molecular weight is 653 g/mol. The Morgan fingerprint density at radius 1 is 0.578 bits per heavy atom. The summed E-state index contributed by atoms with van der Waals surface area (Å²) < 4.78 is 29.4. The monoisotopic (exact) mass is 652 g/mol. The van der Waals surface area contributed by atoms with Gasteiger partial charge < -0.3 is 9.69 Å². The molecule has 0 amide bonds. The van der Waals surface area contributed by atoms with Crippen LogP contribution in [-0.4, -0.2) is 17.9 Å². The Kier molecular flexibility index (Phi) is 10.3. The Labute approximate surface area is 278 Å². The van der Waals surface area contributed by atoms with Gasteiger partial charge in [-0.25, -0.2) is 21.6 Å². The fourth-order valence-electron chi connectivity index (χ4n) is 5.24. The lowest BCUT2D eigenvalue weighted by Crippen LogP contribution is -2.14. The van der Waals surface area contributed by atoms with Gasteiger partial charge in [-0.2, -0.15) is 0 Å². The minimum Gasteiger partial charge on any atom is -0.303 e. The standard InChI is InChI=1S/C38H40N2O2S3/c1-25-19-21-33(29(23-25)35(39-9)27-15-11-13-17-31(27)43-37(3,4)5)45(41,42)34-22-20-26(2)24-30(34)36(40-10)28-16-12-14-18-32(28)44-38(6,7)8/h11-24,35-36H,1-8H3. The molecule has 0 N–H and O–H groups in total. The van der Waals surface area contributed by atoms with E-state index >= 15 is 0 Å². The first-order chi connectivity index (χ1) is 21.1. The van der Waals surface area contributed by atoms with Crippen molar-refractivity contribution in [3.8, 4) is 0 Å². The van der Waals surface area contributed by atoms with Crippen molar-refractivity contribution in [3.63, 3.8) is 0 Å². The van der Waals surface area contributed by atoms with Crippen LogP contribution >= 0.6 is 23.5 Å². The number of rotatable bonds is 8. The van der Waals surface area contributed by atoms with E-state index in [0.717, 1.165) is 32.0 Å². The van der Waals surface area contributed by atoms with Crippen molar-refractivity contribution in [3.05, 3.63) is 141 Å². The number of nitrogens with zero attached hydrogens (tertiary/aromatic N) is 2. The highest BCUT2D eigenvalue weighted by Gasteiger charge is 2.36. The molecule has 0 bridgehead atoms. The van der Waals surface area contributed by atoms with Gasteiger partial charge in [0.15, 0.2) is 0 Å². The SMILES string of the molecule is [C-]#[N+]C(c1ccccc1SC(C)(C)C)c1cc(C)ccc1S(=O)(=O)c1ccc(C)cc1C([N+]#[C-])c1ccccc1SC(C)(C)C. The van der Waals surface area contributed by atoms with Crippen molar-refractivity contribution in [1.29, 1.82) is 0 Å². The predicted molar refractivity (Wildman–Crippen MR) is 189 cm³/mol. The van der Waals surface area contributed by atoms with Crippen LogP contribution in [0.4, 0.5) is 0 Å². The van der Waals surface area contributed by atoms with E-state index in [1.54, 1.807) is 47.8 Å². The summed E-state index contributed by atoms with van der Waals surface area (Å²) in [6.45, 7) is 33.1. The molecular weight excluding hydrogens is 613 g/mol. The molecule has 232 valence electrons. The highest BCUT2D eigenvalue weighted by molar-refractivity contribution is 8.01. The first-order valence-electron chi connectivity index (χ1n) is 14.8. The summed E-state index contributed by atoms with van der Waals surface area (Å²) in [6, 6.07) is 24.3. The summed E-state index contributed by atoms with van der Waals surface area (Å²) in [5.74, 6) is 0. The van der Waals surface area contributed by atoms with Gasteiger partial charge in [0.25, 0.3) is 12.1 Å². The van der Waals surface area contributed by atoms with Crippen molar-refractivity contribution in [1.82, 2.24) is 0 Å². The molecule has 0 spiro atoms. The zero-order chi connectivity index (χ0) is 33.2. The van der Waals surface area contributed by atoms with Gasteiger partial charge in [0, 0.05) is 19.3 Å². The van der Waals surface area contributed by atoms with E-state index in [-0.39, 0.29) is 19.3 Å². The lowest BCUT2D eigenvalue weighted by atomic mass is 9.97. The van der Waals surface area contributed by atoms with E-state index in [4.69, 9.17) is 13.1 Å². The third-order valence-corrected chi connectivity index (χ3v) is 11.3. The number of aryl methyl sites for hydroxylation is 2. The topological polar surface area (TPSA) is 42.9 Å². The Morgan fingerprint density at radius 3 is 1.27 bits per heavy atom. The lowest BCUT2D eigenvalue weighted by molar-refractivity contribution is 0.593. The van der Waals surface area contributed by atoms with E-state index < -0.39 is 21.9 Å². The van der Waals surface area contributed by atoms with Gasteiger partial charge in [0.2, 0.25) is 9.84 Å². The van der Waals surface area contributed by atoms with Gasteiger partial charge in [-0.3, -0.25) is 0 Å². The number of benzene rings is 4. The highest BCUT2D eigenvalue weighted by Crippen LogP contribution is 2.44. The average Bonchev–Trinajstić information content (AvgIpc) is 2.94. The number of hydrogen-bond donors (Lipinski definition) is 0. The second-order valence-electron chi connectivity index (χ2n) is 13.2. The lowest BCUT2D eigenvalue weighted by Gasteiger charge is -2.22. The molecule has 0 aliphatic carbocycles. The van der Waals surface area contributed by atoms with Crippen molar-refractivity contribution in [2.24, 2.45) is 0 Å². The smallest absolute Gasteiger partial charge is 0.276 e. The van der Waals surface area contributed by atoms with Gasteiger partial charge in [-0.1, -0.05) is 89.1 Å². The van der Waals surface area contributed by atoms with E-state index in [1.807, 2.05) is 74.5 Å². The van der Waals surface area contributed by atoms with Crippen LogP contribution in [0.25, 0.3) is 9.69 Å². The zero-order valence-electron chi connectivity index (χ0n) is 27.2. The molecule has 0 heterocycles. The largest absolute Gasteiger partial charge is 0.303 e. The van der Waals surface area contributed by atoms with Gasteiger partial charge >= 0.3 is 0 Å². The molecule has 4 rings (SSSR count). The maximum Gasteiger partial charge on any atom is 0.276 e. The Balaban J connectivity index is 1.95. The van der Waals surface area contributed by atoms with Crippen LogP contribution in [0.1, 0.15) is 87.0 Å². The molecule has 7 heteroatoms. The summed E-state index contributed by atoms with van der Waals surface area (Å²) in [4.78, 5) is 10.2. The van der Waals surface area contributed by atoms with Crippen molar-refractivity contribution >= 4 is 33.4 Å². The summed E-state index contributed by atoms with van der Waals surface area (Å²) in [6.07, 6.45) is 0. The molecule has 4 aromatic carbocycles.